The van der Waals surface area contributed by atoms with Gasteiger partial charge in [-0.2, -0.15) is 0 Å². The molecule has 0 bridgehead atoms. The molecule has 1 aliphatic carbocycles. The second-order valence-electron chi connectivity index (χ2n) is 2.83. The van der Waals surface area contributed by atoms with Gasteiger partial charge >= 0.3 is 0 Å². The predicted octanol–water partition coefficient (Wildman–Crippen LogP) is 4.34. The van der Waals surface area contributed by atoms with Crippen LogP contribution in [0.25, 0.3) is 0 Å². The van der Waals surface area contributed by atoms with E-state index in [4.69, 9.17) is 0 Å². The maximum atomic E-state index is 1.50. The smallest absolute Gasteiger partial charge is 0.0533 e. The van der Waals surface area contributed by atoms with Crippen LogP contribution < -0.4 is 0 Å². The zero-order valence-corrected chi connectivity index (χ0v) is 8.92. The Labute approximate surface area is 90.1 Å². The molecule has 0 N–H and O–H groups in total. The van der Waals surface area contributed by atoms with E-state index in [1.807, 2.05) is 0 Å². The van der Waals surface area contributed by atoms with Gasteiger partial charge < -0.3 is 0 Å². The highest BCUT2D eigenvalue weighted by Gasteiger charge is 1.95. The van der Waals surface area contributed by atoms with E-state index in [0.29, 0.717) is 0 Å². The largest absolute Gasteiger partial charge is 0.269 e. The van der Waals surface area contributed by atoms with Crippen LogP contribution in [0.5, 0.6) is 0 Å². The van der Waals surface area contributed by atoms with Crippen LogP contribution in [0.4, 0.5) is 37.6 Å². The maximum Gasteiger partial charge on any atom is -0.0533 e. The summed E-state index contributed by atoms with van der Waals surface area (Å²) in [6.45, 7) is 0. The van der Waals surface area contributed by atoms with Crippen molar-refractivity contribution in [2.24, 2.45) is 0 Å². The van der Waals surface area contributed by atoms with E-state index in [1.165, 1.54) is 51.4 Å². The van der Waals surface area contributed by atoms with Gasteiger partial charge in [0.05, 0.1) is 0 Å². The van der Waals surface area contributed by atoms with Crippen LogP contribution in [-0.2, 0) is 0 Å². The molecule has 8 heteroatoms. The van der Waals surface area contributed by atoms with Crippen LogP contribution in [0.1, 0.15) is 51.4 Å². The number of hydrogen-bond donors (Lipinski definition) is 0. The van der Waals surface area contributed by atoms with Crippen LogP contribution in [-0.4, -0.2) is 0 Å². The van der Waals surface area contributed by atoms with E-state index in [-0.39, 0.29) is 37.6 Å². The van der Waals surface area contributed by atoms with Crippen molar-refractivity contribution in [3.05, 3.63) is 0 Å². The summed E-state index contributed by atoms with van der Waals surface area (Å²) in [7, 11) is 0. The Morgan fingerprint density at radius 2 is 0.250 bits per heavy atom. The molecule has 0 radical (unpaired) electrons. The second kappa shape index (κ2) is 47.1. The first-order chi connectivity index (χ1) is 4.00. The first-order valence-corrected chi connectivity index (χ1v) is 4.00. The zero-order chi connectivity index (χ0) is 5.66. The van der Waals surface area contributed by atoms with E-state index >= 15 is 0 Å². The van der Waals surface area contributed by atoms with Crippen molar-refractivity contribution >= 4 is 0 Å². The molecule has 0 aromatic heterocycles. The SMILES string of the molecule is C1CCCCCCC1.F.F.F.F.F.F.F.F. The monoisotopic (exact) mass is 272 g/mol. The van der Waals surface area contributed by atoms with E-state index in [0.717, 1.165) is 0 Å². The molecular weight excluding hydrogens is 248 g/mol. The molecule has 0 heterocycles. The van der Waals surface area contributed by atoms with Gasteiger partial charge in [-0.3, -0.25) is 37.6 Å². The molecule has 0 spiro atoms. The molecule has 1 saturated carbocycles. The minimum atomic E-state index is 0. The van der Waals surface area contributed by atoms with Crippen LogP contribution in [0.2, 0.25) is 0 Å². The third kappa shape index (κ3) is 37.6. The van der Waals surface area contributed by atoms with Crippen molar-refractivity contribution in [1.29, 1.82) is 0 Å². The molecule has 1 fully saturated rings. The predicted molar refractivity (Wildman–Crippen MR) is 57.0 cm³/mol. The lowest BCUT2D eigenvalue weighted by Gasteiger charge is -2.05. The molecule has 16 heavy (non-hydrogen) atoms. The van der Waals surface area contributed by atoms with Crippen molar-refractivity contribution in [3.8, 4) is 0 Å². The highest BCUT2D eigenvalue weighted by molar-refractivity contribution is 4.51. The summed E-state index contributed by atoms with van der Waals surface area (Å²) in [6.07, 6.45) is 12.0. The summed E-state index contributed by atoms with van der Waals surface area (Å²) in [4.78, 5) is 0. The van der Waals surface area contributed by atoms with E-state index in [9.17, 15) is 0 Å². The summed E-state index contributed by atoms with van der Waals surface area (Å²) >= 11 is 0. The van der Waals surface area contributed by atoms with Crippen LogP contribution in [0.15, 0.2) is 0 Å². The summed E-state index contributed by atoms with van der Waals surface area (Å²) in [5.74, 6) is 0. The Morgan fingerprint density at radius 1 is 0.188 bits per heavy atom. The fourth-order valence-electron chi connectivity index (χ4n) is 1.41. The van der Waals surface area contributed by atoms with Crippen molar-refractivity contribution in [1.82, 2.24) is 0 Å². The molecule has 0 saturated heterocycles. The third-order valence-electron chi connectivity index (χ3n) is 2.00. The first kappa shape index (κ1) is 58.2. The highest BCUT2D eigenvalue weighted by atomic mass is 19.0. The van der Waals surface area contributed by atoms with Crippen molar-refractivity contribution in [3.63, 3.8) is 0 Å². The number of rotatable bonds is 0. The Kier molecular flexibility index (Phi) is 171. The molecular formula is C8H24F8. The zero-order valence-electron chi connectivity index (χ0n) is 8.92. The van der Waals surface area contributed by atoms with Crippen molar-refractivity contribution in [2.45, 2.75) is 51.4 Å². The van der Waals surface area contributed by atoms with Gasteiger partial charge in [-0.25, -0.2) is 0 Å². The van der Waals surface area contributed by atoms with Gasteiger partial charge in [0.2, 0.25) is 0 Å². The average Bonchev–Trinajstić information content (AvgIpc) is 1.62. The normalized spacial score (nSPS) is 12.0. The average molecular weight is 272 g/mol. The summed E-state index contributed by atoms with van der Waals surface area (Å²) < 4.78 is 0. The topological polar surface area (TPSA) is 0 Å². The van der Waals surface area contributed by atoms with Gasteiger partial charge in [0.25, 0.3) is 0 Å². The molecule has 112 valence electrons. The van der Waals surface area contributed by atoms with Gasteiger partial charge in [0.15, 0.2) is 0 Å². The lowest BCUT2D eigenvalue weighted by Crippen LogP contribution is -1.85. The molecule has 0 unspecified atom stereocenters. The summed E-state index contributed by atoms with van der Waals surface area (Å²) in [5.41, 5.74) is 0. The molecule has 0 aromatic rings. The Morgan fingerprint density at radius 3 is 0.312 bits per heavy atom. The molecule has 1 rings (SSSR count). The van der Waals surface area contributed by atoms with Crippen LogP contribution >= 0.6 is 0 Å². The molecule has 0 aliphatic heterocycles. The minimum Gasteiger partial charge on any atom is -0.269 e. The fourth-order valence-corrected chi connectivity index (χ4v) is 1.41. The summed E-state index contributed by atoms with van der Waals surface area (Å²) in [5, 5.41) is 0. The standard InChI is InChI=1S/C8H16.8FH/c1-2-4-6-8-7-5-3-1;;;;;;;;/h1-8H2;8*1H. The van der Waals surface area contributed by atoms with Gasteiger partial charge in [-0.05, 0) is 0 Å². The minimum absolute atomic E-state index is 0. The lowest BCUT2D eigenvalue weighted by atomic mass is 10.0. The fraction of sp³-hybridized carbons (Fsp3) is 1.00. The third-order valence-corrected chi connectivity index (χ3v) is 2.00. The quantitative estimate of drug-likeness (QED) is 0.575. The van der Waals surface area contributed by atoms with Crippen molar-refractivity contribution in [2.75, 3.05) is 0 Å². The van der Waals surface area contributed by atoms with Crippen LogP contribution in [0, 0.1) is 0 Å². The Hall–Kier alpha value is -0.560. The molecule has 0 atom stereocenters. The summed E-state index contributed by atoms with van der Waals surface area (Å²) in [6, 6.07) is 0. The van der Waals surface area contributed by atoms with Gasteiger partial charge in [0, 0.05) is 0 Å². The van der Waals surface area contributed by atoms with Crippen molar-refractivity contribution < 1.29 is 37.6 Å². The van der Waals surface area contributed by atoms with Gasteiger partial charge in [-0.15, -0.1) is 0 Å². The maximum absolute atomic E-state index is 1.50. The molecule has 0 aromatic carbocycles. The molecule has 0 nitrogen and oxygen atoms in total. The van der Waals surface area contributed by atoms with Crippen LogP contribution in [0.3, 0.4) is 0 Å². The van der Waals surface area contributed by atoms with E-state index in [1.54, 1.807) is 0 Å². The highest BCUT2D eigenvalue weighted by Crippen LogP contribution is 2.15. The molecule has 1 aliphatic rings. The first-order valence-electron chi connectivity index (χ1n) is 4.00. The second-order valence-corrected chi connectivity index (χ2v) is 2.83. The number of halogens is 8. The lowest BCUT2D eigenvalue weighted by molar-refractivity contribution is 0.504. The van der Waals surface area contributed by atoms with Gasteiger partial charge in [0.1, 0.15) is 0 Å². The van der Waals surface area contributed by atoms with E-state index < -0.39 is 0 Å². The van der Waals surface area contributed by atoms with E-state index in [2.05, 4.69) is 0 Å². The molecule has 0 amide bonds. The Balaban J connectivity index is -0.0000000133. The number of hydrogen-bond acceptors (Lipinski definition) is 0. The van der Waals surface area contributed by atoms with Gasteiger partial charge in [-0.1, -0.05) is 51.4 Å². The Bertz CT molecular complexity index is 40.0.